The Bertz CT molecular complexity index is 586. The van der Waals surface area contributed by atoms with E-state index in [1.165, 1.54) is 18.4 Å². The van der Waals surface area contributed by atoms with Crippen LogP contribution in [0.4, 0.5) is 0 Å². The first kappa shape index (κ1) is 14.3. The van der Waals surface area contributed by atoms with Gasteiger partial charge in [-0.15, -0.1) is 10.2 Å². The highest BCUT2D eigenvalue weighted by atomic mass is 15.3. The van der Waals surface area contributed by atoms with Gasteiger partial charge in [0.15, 0.2) is 0 Å². The van der Waals surface area contributed by atoms with Gasteiger partial charge in [-0.25, -0.2) is 0 Å². The standard InChI is InChI=1S/C17H24N4/c1-12(15-7-5-4-6-8-15)13(2)18-11-17-20-19-14(3)21(17)16-9-10-16/h4-8,12-13,16,18H,9-11H2,1-3H3/t12-,13-/m1/s1. The first-order valence-electron chi connectivity index (χ1n) is 7.85. The summed E-state index contributed by atoms with van der Waals surface area (Å²) >= 11 is 0. The lowest BCUT2D eigenvalue weighted by Crippen LogP contribution is -2.31. The summed E-state index contributed by atoms with van der Waals surface area (Å²) in [7, 11) is 0. The van der Waals surface area contributed by atoms with Gasteiger partial charge < -0.3 is 9.88 Å². The minimum atomic E-state index is 0.400. The third kappa shape index (κ3) is 3.16. The molecule has 112 valence electrons. The summed E-state index contributed by atoms with van der Waals surface area (Å²) in [5.41, 5.74) is 1.37. The Balaban J connectivity index is 1.62. The van der Waals surface area contributed by atoms with Crippen molar-refractivity contribution in [2.24, 2.45) is 0 Å². The second-order valence-corrected chi connectivity index (χ2v) is 6.13. The quantitative estimate of drug-likeness (QED) is 0.885. The summed E-state index contributed by atoms with van der Waals surface area (Å²) in [6, 6.07) is 11.7. The van der Waals surface area contributed by atoms with Crippen molar-refractivity contribution in [3.63, 3.8) is 0 Å². The Labute approximate surface area is 126 Å². The summed E-state index contributed by atoms with van der Waals surface area (Å²) in [6.45, 7) is 7.34. The number of nitrogens with one attached hydrogen (secondary N) is 1. The molecule has 1 saturated carbocycles. The normalized spacial score (nSPS) is 17.7. The lowest BCUT2D eigenvalue weighted by Gasteiger charge is -2.21. The fourth-order valence-corrected chi connectivity index (χ4v) is 2.82. The molecule has 3 rings (SSSR count). The lowest BCUT2D eigenvalue weighted by molar-refractivity contribution is 0.463. The van der Waals surface area contributed by atoms with Gasteiger partial charge in [-0.3, -0.25) is 0 Å². The highest BCUT2D eigenvalue weighted by molar-refractivity contribution is 5.20. The van der Waals surface area contributed by atoms with Gasteiger partial charge in [0.1, 0.15) is 11.6 Å². The highest BCUT2D eigenvalue weighted by Gasteiger charge is 2.28. The second kappa shape index (κ2) is 5.98. The van der Waals surface area contributed by atoms with Crippen LogP contribution >= 0.6 is 0 Å². The second-order valence-electron chi connectivity index (χ2n) is 6.13. The van der Waals surface area contributed by atoms with Gasteiger partial charge >= 0.3 is 0 Å². The van der Waals surface area contributed by atoms with Crippen molar-refractivity contribution >= 4 is 0 Å². The highest BCUT2D eigenvalue weighted by Crippen LogP contribution is 2.36. The number of benzene rings is 1. The molecular formula is C17H24N4. The van der Waals surface area contributed by atoms with Crippen molar-refractivity contribution < 1.29 is 0 Å². The molecular weight excluding hydrogens is 260 g/mol. The van der Waals surface area contributed by atoms with Crippen LogP contribution in [-0.4, -0.2) is 20.8 Å². The maximum atomic E-state index is 4.33. The van der Waals surface area contributed by atoms with Crippen LogP contribution in [0.25, 0.3) is 0 Å². The molecule has 21 heavy (non-hydrogen) atoms. The number of nitrogens with zero attached hydrogens (tertiary/aromatic N) is 3. The molecule has 1 aromatic heterocycles. The average molecular weight is 284 g/mol. The van der Waals surface area contributed by atoms with Crippen molar-refractivity contribution in [3.8, 4) is 0 Å². The van der Waals surface area contributed by atoms with Crippen LogP contribution in [0.3, 0.4) is 0 Å². The van der Waals surface area contributed by atoms with Crippen LogP contribution in [-0.2, 0) is 6.54 Å². The third-order valence-corrected chi connectivity index (χ3v) is 4.51. The maximum absolute atomic E-state index is 4.33. The van der Waals surface area contributed by atoms with Gasteiger partial charge in [-0.1, -0.05) is 37.3 Å². The van der Waals surface area contributed by atoms with E-state index in [2.05, 4.69) is 64.3 Å². The van der Waals surface area contributed by atoms with Crippen LogP contribution in [0.2, 0.25) is 0 Å². The SMILES string of the molecule is Cc1nnc(CN[C@H](C)[C@@H](C)c2ccccc2)n1C1CC1. The summed E-state index contributed by atoms with van der Waals surface area (Å²) < 4.78 is 2.30. The van der Waals surface area contributed by atoms with Crippen LogP contribution < -0.4 is 5.32 Å². The average Bonchev–Trinajstić information content (AvgIpc) is 3.28. The van der Waals surface area contributed by atoms with Crippen molar-refractivity contribution in [2.75, 3.05) is 0 Å². The van der Waals surface area contributed by atoms with E-state index < -0.39 is 0 Å². The van der Waals surface area contributed by atoms with E-state index in [9.17, 15) is 0 Å². The predicted octanol–water partition coefficient (Wildman–Crippen LogP) is 3.20. The first-order chi connectivity index (χ1) is 10.2. The number of rotatable bonds is 6. The molecule has 0 unspecified atom stereocenters. The lowest BCUT2D eigenvalue weighted by atomic mass is 9.94. The fraction of sp³-hybridized carbons (Fsp3) is 0.529. The Kier molecular flexibility index (Phi) is 4.06. The predicted molar refractivity (Wildman–Crippen MR) is 84.2 cm³/mol. The Hall–Kier alpha value is -1.68. The van der Waals surface area contributed by atoms with Crippen molar-refractivity contribution in [2.45, 2.75) is 58.2 Å². The van der Waals surface area contributed by atoms with Gasteiger partial charge in [-0.05, 0) is 38.2 Å². The first-order valence-corrected chi connectivity index (χ1v) is 7.85. The molecule has 2 atom stereocenters. The monoisotopic (exact) mass is 284 g/mol. The van der Waals surface area contributed by atoms with Crippen molar-refractivity contribution in [3.05, 3.63) is 47.5 Å². The Morgan fingerprint density at radius 1 is 1.19 bits per heavy atom. The van der Waals surface area contributed by atoms with E-state index in [4.69, 9.17) is 0 Å². The van der Waals surface area contributed by atoms with Crippen molar-refractivity contribution in [1.29, 1.82) is 0 Å². The van der Waals surface area contributed by atoms with E-state index in [1.807, 2.05) is 6.92 Å². The molecule has 1 aliphatic rings. The van der Waals surface area contributed by atoms with Crippen LogP contribution in [0.1, 0.15) is 55.9 Å². The molecule has 4 nitrogen and oxygen atoms in total. The molecule has 1 N–H and O–H groups in total. The molecule has 4 heteroatoms. The molecule has 0 saturated heterocycles. The zero-order chi connectivity index (χ0) is 14.8. The van der Waals surface area contributed by atoms with E-state index in [-0.39, 0.29) is 0 Å². The molecule has 1 aromatic carbocycles. The molecule has 1 fully saturated rings. The summed E-state index contributed by atoms with van der Waals surface area (Å²) in [4.78, 5) is 0. The number of hydrogen-bond acceptors (Lipinski definition) is 3. The summed E-state index contributed by atoms with van der Waals surface area (Å²) in [6.07, 6.45) is 2.53. The topological polar surface area (TPSA) is 42.7 Å². The summed E-state index contributed by atoms with van der Waals surface area (Å²) in [5, 5.41) is 12.2. The van der Waals surface area contributed by atoms with E-state index in [1.54, 1.807) is 0 Å². The molecule has 0 bridgehead atoms. The van der Waals surface area contributed by atoms with Crippen LogP contribution in [0.5, 0.6) is 0 Å². The minimum Gasteiger partial charge on any atom is -0.311 e. The molecule has 0 radical (unpaired) electrons. The number of aryl methyl sites for hydroxylation is 1. The largest absolute Gasteiger partial charge is 0.311 e. The summed E-state index contributed by atoms with van der Waals surface area (Å²) in [5.74, 6) is 2.59. The molecule has 1 aliphatic carbocycles. The van der Waals surface area contributed by atoms with Gasteiger partial charge in [0.05, 0.1) is 6.54 Å². The molecule has 2 aromatic rings. The third-order valence-electron chi connectivity index (χ3n) is 4.51. The van der Waals surface area contributed by atoms with E-state index in [0.29, 0.717) is 18.0 Å². The zero-order valence-electron chi connectivity index (χ0n) is 13.1. The molecule has 0 amide bonds. The molecule has 0 aliphatic heterocycles. The van der Waals surface area contributed by atoms with Gasteiger partial charge in [0.2, 0.25) is 0 Å². The number of aromatic nitrogens is 3. The molecule has 0 spiro atoms. The van der Waals surface area contributed by atoms with Crippen LogP contribution in [0.15, 0.2) is 30.3 Å². The van der Waals surface area contributed by atoms with Gasteiger partial charge in [0, 0.05) is 12.1 Å². The van der Waals surface area contributed by atoms with E-state index in [0.717, 1.165) is 18.2 Å². The van der Waals surface area contributed by atoms with Gasteiger partial charge in [-0.2, -0.15) is 0 Å². The Morgan fingerprint density at radius 3 is 2.57 bits per heavy atom. The van der Waals surface area contributed by atoms with Crippen LogP contribution in [0, 0.1) is 6.92 Å². The van der Waals surface area contributed by atoms with Crippen molar-refractivity contribution in [1.82, 2.24) is 20.1 Å². The van der Waals surface area contributed by atoms with E-state index >= 15 is 0 Å². The smallest absolute Gasteiger partial charge is 0.147 e. The molecule has 1 heterocycles. The number of hydrogen-bond donors (Lipinski definition) is 1. The fourth-order valence-electron chi connectivity index (χ4n) is 2.82. The minimum absolute atomic E-state index is 0.400. The van der Waals surface area contributed by atoms with Gasteiger partial charge in [0.25, 0.3) is 0 Å². The Morgan fingerprint density at radius 2 is 1.90 bits per heavy atom. The zero-order valence-corrected chi connectivity index (χ0v) is 13.1. The maximum Gasteiger partial charge on any atom is 0.147 e.